The van der Waals surface area contributed by atoms with Crippen LogP contribution in [0, 0.1) is 13.8 Å². The fraction of sp³-hybridized carbons (Fsp3) is 0.409. The van der Waals surface area contributed by atoms with Crippen LogP contribution >= 0.6 is 11.3 Å². The zero-order valence-corrected chi connectivity index (χ0v) is 18.0. The van der Waals surface area contributed by atoms with Crippen LogP contribution in [0.5, 0.6) is 0 Å². The minimum Gasteiger partial charge on any atom is -0.469 e. The molecule has 3 N–H and O–H groups in total. The van der Waals surface area contributed by atoms with Gasteiger partial charge < -0.3 is 24.6 Å². The molecule has 0 amide bonds. The second kappa shape index (κ2) is 9.80. The monoisotopic (exact) mass is 415 g/mol. The van der Waals surface area contributed by atoms with Crippen molar-refractivity contribution < 1.29 is 13.9 Å². The average molecular weight is 416 g/mol. The van der Waals surface area contributed by atoms with E-state index in [-0.39, 0.29) is 6.54 Å². The maximum Gasteiger partial charge on any atom is 0.191 e. The van der Waals surface area contributed by atoms with Gasteiger partial charge in [-0.15, -0.1) is 11.3 Å². The molecule has 3 aromatic heterocycles. The van der Waals surface area contributed by atoms with Crippen LogP contribution in [0.1, 0.15) is 34.6 Å². The third kappa shape index (κ3) is 6.24. The van der Waals surface area contributed by atoms with Crippen molar-refractivity contribution in [3.05, 3.63) is 69.7 Å². The number of hydrogen-bond donors (Lipinski definition) is 3. The van der Waals surface area contributed by atoms with Gasteiger partial charge in [0.05, 0.1) is 12.8 Å². The van der Waals surface area contributed by atoms with E-state index in [1.165, 1.54) is 4.88 Å². The minimum absolute atomic E-state index is 0.224. The summed E-state index contributed by atoms with van der Waals surface area (Å²) in [5.74, 6) is 3.10. The lowest BCUT2D eigenvalue weighted by molar-refractivity contribution is 0.0657. The molecule has 0 spiro atoms. The van der Waals surface area contributed by atoms with Crippen LogP contribution in [0.15, 0.2) is 55.8 Å². The summed E-state index contributed by atoms with van der Waals surface area (Å²) < 4.78 is 11.0. The molecule has 1 atom stereocenters. The molecule has 0 saturated heterocycles. The number of thiophene rings is 1. The molecular formula is C22H29N3O3S. The van der Waals surface area contributed by atoms with Crippen molar-refractivity contribution in [2.45, 2.75) is 39.2 Å². The van der Waals surface area contributed by atoms with Gasteiger partial charge in [-0.05, 0) is 56.8 Å². The Bertz CT molecular complexity index is 854. The summed E-state index contributed by atoms with van der Waals surface area (Å²) in [6.07, 6.45) is 3.36. The maximum absolute atomic E-state index is 10.9. The number of rotatable bonds is 9. The molecule has 0 radical (unpaired) electrons. The first-order chi connectivity index (χ1) is 13.9. The van der Waals surface area contributed by atoms with Crippen LogP contribution in [-0.2, 0) is 18.4 Å². The van der Waals surface area contributed by atoms with Crippen LogP contribution in [0.25, 0.3) is 0 Å². The molecular weight excluding hydrogens is 386 g/mol. The number of nitrogens with one attached hydrogen (secondary N) is 2. The lowest BCUT2D eigenvalue weighted by atomic mass is 9.96. The second-order valence-corrected chi connectivity index (χ2v) is 8.31. The molecule has 6 nitrogen and oxygen atoms in total. The SMILES string of the molecule is Cc1cc(C(C)(O)CN=C(NCCc2ccco2)NCCc2cccs2)c(C)o1. The molecule has 3 heterocycles. The Labute approximate surface area is 175 Å². The largest absolute Gasteiger partial charge is 0.469 e. The van der Waals surface area contributed by atoms with Gasteiger partial charge in [0.25, 0.3) is 0 Å². The van der Waals surface area contributed by atoms with E-state index >= 15 is 0 Å². The topological polar surface area (TPSA) is 82.9 Å². The van der Waals surface area contributed by atoms with Crippen LogP contribution in [0.4, 0.5) is 0 Å². The zero-order chi connectivity index (χ0) is 20.7. The Morgan fingerprint density at radius 1 is 1.17 bits per heavy atom. The predicted molar refractivity (Wildman–Crippen MR) is 116 cm³/mol. The quantitative estimate of drug-likeness (QED) is 0.366. The Kier molecular flexibility index (Phi) is 7.17. The number of aliphatic hydroxyl groups is 1. The predicted octanol–water partition coefficient (Wildman–Crippen LogP) is 3.78. The minimum atomic E-state index is -1.11. The Morgan fingerprint density at radius 2 is 1.97 bits per heavy atom. The van der Waals surface area contributed by atoms with Gasteiger partial charge in [-0.1, -0.05) is 6.07 Å². The molecule has 0 aliphatic heterocycles. The van der Waals surface area contributed by atoms with Crippen molar-refractivity contribution in [3.63, 3.8) is 0 Å². The standard InChI is InChI=1S/C22H29N3O3S/c1-16-14-20(17(2)28-16)22(3,26)15-25-21(23-10-8-18-6-4-12-27-18)24-11-9-19-7-5-13-29-19/h4-7,12-14,26H,8-11,15H2,1-3H3,(H2,23,24,25). The lowest BCUT2D eigenvalue weighted by Gasteiger charge is -2.21. The van der Waals surface area contributed by atoms with E-state index in [2.05, 4.69) is 33.1 Å². The van der Waals surface area contributed by atoms with E-state index in [0.29, 0.717) is 12.5 Å². The number of hydrogen-bond acceptors (Lipinski definition) is 5. The van der Waals surface area contributed by atoms with E-state index in [1.54, 1.807) is 24.5 Å². The molecule has 3 rings (SSSR count). The maximum atomic E-state index is 10.9. The summed E-state index contributed by atoms with van der Waals surface area (Å²) in [6, 6.07) is 9.90. The van der Waals surface area contributed by atoms with Crippen molar-refractivity contribution >= 4 is 17.3 Å². The number of aliphatic imine (C=N–C) groups is 1. The second-order valence-electron chi connectivity index (χ2n) is 7.28. The molecule has 7 heteroatoms. The van der Waals surface area contributed by atoms with E-state index in [4.69, 9.17) is 8.83 Å². The van der Waals surface area contributed by atoms with Crippen molar-refractivity contribution in [2.75, 3.05) is 19.6 Å². The number of furan rings is 2. The van der Waals surface area contributed by atoms with Gasteiger partial charge in [0.2, 0.25) is 0 Å². The lowest BCUT2D eigenvalue weighted by Crippen LogP contribution is -2.40. The molecule has 0 aliphatic rings. The molecule has 0 bridgehead atoms. The molecule has 0 fully saturated rings. The van der Waals surface area contributed by atoms with E-state index in [1.807, 2.05) is 32.0 Å². The van der Waals surface area contributed by atoms with Crippen LogP contribution in [0.3, 0.4) is 0 Å². The summed E-state index contributed by atoms with van der Waals surface area (Å²) in [5.41, 5.74) is -0.335. The van der Waals surface area contributed by atoms with Crippen LogP contribution in [0.2, 0.25) is 0 Å². The number of nitrogens with zero attached hydrogens (tertiary/aromatic N) is 1. The first-order valence-electron chi connectivity index (χ1n) is 9.81. The van der Waals surface area contributed by atoms with Gasteiger partial charge in [0, 0.05) is 30.0 Å². The van der Waals surface area contributed by atoms with Gasteiger partial charge in [-0.3, -0.25) is 0 Å². The Morgan fingerprint density at radius 3 is 2.59 bits per heavy atom. The van der Waals surface area contributed by atoms with E-state index in [0.717, 1.165) is 42.2 Å². The van der Waals surface area contributed by atoms with Crippen molar-refractivity contribution in [3.8, 4) is 0 Å². The van der Waals surface area contributed by atoms with Gasteiger partial charge in [0.15, 0.2) is 5.96 Å². The fourth-order valence-corrected chi connectivity index (χ4v) is 3.88. The summed E-state index contributed by atoms with van der Waals surface area (Å²) in [6.45, 7) is 7.18. The van der Waals surface area contributed by atoms with Gasteiger partial charge in [0.1, 0.15) is 22.9 Å². The van der Waals surface area contributed by atoms with Gasteiger partial charge in [-0.25, -0.2) is 4.99 Å². The molecule has 0 aromatic carbocycles. The summed E-state index contributed by atoms with van der Waals surface area (Å²) in [7, 11) is 0. The fourth-order valence-electron chi connectivity index (χ4n) is 3.18. The van der Waals surface area contributed by atoms with E-state index < -0.39 is 5.60 Å². The summed E-state index contributed by atoms with van der Waals surface area (Å²) >= 11 is 1.75. The summed E-state index contributed by atoms with van der Waals surface area (Å²) in [4.78, 5) is 5.96. The van der Waals surface area contributed by atoms with Gasteiger partial charge in [-0.2, -0.15) is 0 Å². The number of guanidine groups is 1. The highest BCUT2D eigenvalue weighted by Crippen LogP contribution is 2.27. The Balaban J connectivity index is 1.62. The average Bonchev–Trinajstić information content (AvgIpc) is 3.42. The first-order valence-corrected chi connectivity index (χ1v) is 10.7. The van der Waals surface area contributed by atoms with Crippen molar-refractivity contribution in [1.82, 2.24) is 10.6 Å². The van der Waals surface area contributed by atoms with E-state index in [9.17, 15) is 5.11 Å². The van der Waals surface area contributed by atoms with Crippen molar-refractivity contribution in [2.24, 2.45) is 4.99 Å². The number of aryl methyl sites for hydroxylation is 2. The van der Waals surface area contributed by atoms with Crippen molar-refractivity contribution in [1.29, 1.82) is 0 Å². The zero-order valence-electron chi connectivity index (χ0n) is 17.2. The third-order valence-corrected chi connectivity index (χ3v) is 5.59. The highest BCUT2D eigenvalue weighted by Gasteiger charge is 2.27. The van der Waals surface area contributed by atoms with Crippen LogP contribution < -0.4 is 10.6 Å². The molecule has 29 heavy (non-hydrogen) atoms. The molecule has 3 aromatic rings. The molecule has 0 saturated carbocycles. The summed E-state index contributed by atoms with van der Waals surface area (Å²) in [5, 5.41) is 19.7. The molecule has 156 valence electrons. The Hall–Kier alpha value is -2.51. The molecule has 1 unspecified atom stereocenters. The highest BCUT2D eigenvalue weighted by atomic mass is 32.1. The van der Waals surface area contributed by atoms with Crippen LogP contribution in [-0.4, -0.2) is 30.7 Å². The first kappa shape index (κ1) is 21.2. The van der Waals surface area contributed by atoms with Gasteiger partial charge >= 0.3 is 0 Å². The third-order valence-electron chi connectivity index (χ3n) is 4.65. The highest BCUT2D eigenvalue weighted by molar-refractivity contribution is 7.09. The molecule has 0 aliphatic carbocycles. The smallest absolute Gasteiger partial charge is 0.191 e. The normalized spacial score (nSPS) is 14.0.